The van der Waals surface area contributed by atoms with Crippen LogP contribution in [0.25, 0.3) is 0 Å². The quantitative estimate of drug-likeness (QED) is 0.733. The zero-order valence-electron chi connectivity index (χ0n) is 9.74. The van der Waals surface area contributed by atoms with E-state index in [1.165, 1.54) is 0 Å². The Morgan fingerprint density at radius 3 is 3.06 bits per heavy atom. The molecule has 16 heavy (non-hydrogen) atoms. The van der Waals surface area contributed by atoms with E-state index in [0.29, 0.717) is 25.4 Å². The highest BCUT2D eigenvalue weighted by molar-refractivity contribution is 5.75. The Kier molecular flexibility index (Phi) is 5.64. The molecule has 4 nitrogen and oxygen atoms in total. The van der Waals surface area contributed by atoms with Gasteiger partial charge in [0, 0.05) is 19.4 Å². The van der Waals surface area contributed by atoms with Crippen molar-refractivity contribution in [3.8, 4) is 0 Å². The van der Waals surface area contributed by atoms with Crippen LogP contribution in [0.2, 0.25) is 0 Å². The first-order valence-corrected chi connectivity index (χ1v) is 5.71. The highest BCUT2D eigenvalue weighted by Gasteiger charge is 2.05. The van der Waals surface area contributed by atoms with Gasteiger partial charge >= 0.3 is 0 Å². The number of nitrogens with two attached hydrogens (primary N) is 1. The van der Waals surface area contributed by atoms with Crippen LogP contribution in [-0.2, 0) is 11.2 Å². The minimum absolute atomic E-state index is 0.0897. The van der Waals surface area contributed by atoms with E-state index in [1.807, 2.05) is 12.1 Å². The number of carbonyl (C=O) groups excluding carboxylic acids is 1. The van der Waals surface area contributed by atoms with Crippen molar-refractivity contribution in [1.29, 1.82) is 0 Å². The monoisotopic (exact) mass is 224 g/mol. The molecule has 1 unspecified atom stereocenters. The third-order valence-electron chi connectivity index (χ3n) is 2.54. The molecule has 1 aromatic rings. The summed E-state index contributed by atoms with van der Waals surface area (Å²) in [6.45, 7) is 3.32. The fraction of sp³-hybridized carbons (Fsp3) is 0.583. The van der Waals surface area contributed by atoms with Crippen molar-refractivity contribution in [1.82, 2.24) is 5.32 Å². The van der Waals surface area contributed by atoms with Crippen LogP contribution in [0.5, 0.6) is 0 Å². The Hall–Kier alpha value is -1.29. The molecule has 0 bridgehead atoms. The summed E-state index contributed by atoms with van der Waals surface area (Å²) in [5, 5.41) is 2.86. The van der Waals surface area contributed by atoms with Crippen molar-refractivity contribution in [3.63, 3.8) is 0 Å². The lowest BCUT2D eigenvalue weighted by molar-refractivity contribution is -0.121. The molecular formula is C12H20N2O2. The molecule has 1 aromatic heterocycles. The van der Waals surface area contributed by atoms with E-state index >= 15 is 0 Å². The van der Waals surface area contributed by atoms with Crippen molar-refractivity contribution in [2.24, 2.45) is 11.7 Å². The molecule has 1 atom stereocenters. The molecule has 4 heteroatoms. The van der Waals surface area contributed by atoms with Gasteiger partial charge in [0.2, 0.25) is 5.91 Å². The fourth-order valence-electron chi connectivity index (χ4n) is 1.36. The lowest BCUT2D eigenvalue weighted by Crippen LogP contribution is -2.26. The van der Waals surface area contributed by atoms with Crippen LogP contribution in [0.3, 0.4) is 0 Å². The number of amides is 1. The minimum atomic E-state index is 0.0897. The van der Waals surface area contributed by atoms with Crippen molar-refractivity contribution in [3.05, 3.63) is 24.2 Å². The SMILES string of the molecule is CC(CN)CCC(=O)NCCc1ccco1. The standard InChI is InChI=1S/C12H20N2O2/c1-10(9-13)4-5-12(15)14-7-6-11-3-2-8-16-11/h2-3,8,10H,4-7,9,13H2,1H3,(H,14,15). The second-order valence-electron chi connectivity index (χ2n) is 4.06. The van der Waals surface area contributed by atoms with Gasteiger partial charge in [-0.1, -0.05) is 6.92 Å². The summed E-state index contributed by atoms with van der Waals surface area (Å²) in [5.74, 6) is 1.40. The zero-order valence-corrected chi connectivity index (χ0v) is 9.74. The Morgan fingerprint density at radius 2 is 2.44 bits per heavy atom. The molecule has 0 fully saturated rings. The maximum atomic E-state index is 11.4. The van der Waals surface area contributed by atoms with Crippen LogP contribution in [0.1, 0.15) is 25.5 Å². The molecule has 0 spiro atoms. The van der Waals surface area contributed by atoms with Crippen LogP contribution in [0, 0.1) is 5.92 Å². The van der Waals surface area contributed by atoms with Crippen LogP contribution < -0.4 is 11.1 Å². The second-order valence-corrected chi connectivity index (χ2v) is 4.06. The zero-order chi connectivity index (χ0) is 11.8. The Morgan fingerprint density at radius 1 is 1.62 bits per heavy atom. The van der Waals surface area contributed by atoms with Crippen LogP contribution in [-0.4, -0.2) is 19.0 Å². The number of hydrogen-bond acceptors (Lipinski definition) is 3. The van der Waals surface area contributed by atoms with Crippen molar-refractivity contribution >= 4 is 5.91 Å². The van der Waals surface area contributed by atoms with E-state index in [4.69, 9.17) is 10.2 Å². The molecular weight excluding hydrogens is 204 g/mol. The summed E-state index contributed by atoms with van der Waals surface area (Å²) in [7, 11) is 0. The van der Waals surface area contributed by atoms with Crippen LogP contribution in [0.15, 0.2) is 22.8 Å². The maximum absolute atomic E-state index is 11.4. The molecule has 1 rings (SSSR count). The van der Waals surface area contributed by atoms with Crippen molar-refractivity contribution in [2.45, 2.75) is 26.2 Å². The fourth-order valence-corrected chi connectivity index (χ4v) is 1.36. The first-order valence-electron chi connectivity index (χ1n) is 5.71. The molecule has 90 valence electrons. The summed E-state index contributed by atoms with van der Waals surface area (Å²) < 4.78 is 5.16. The molecule has 0 aliphatic heterocycles. The predicted octanol–water partition coefficient (Wildman–Crippen LogP) is 1.31. The van der Waals surface area contributed by atoms with Gasteiger partial charge in [0.1, 0.15) is 5.76 Å². The normalized spacial score (nSPS) is 12.4. The van der Waals surface area contributed by atoms with Crippen molar-refractivity contribution < 1.29 is 9.21 Å². The van der Waals surface area contributed by atoms with Gasteiger partial charge in [0.15, 0.2) is 0 Å². The third kappa shape index (κ3) is 4.98. The van der Waals surface area contributed by atoms with E-state index in [1.54, 1.807) is 6.26 Å². The van der Waals surface area contributed by atoms with Gasteiger partial charge in [0.25, 0.3) is 0 Å². The van der Waals surface area contributed by atoms with Crippen molar-refractivity contribution in [2.75, 3.05) is 13.1 Å². The van der Waals surface area contributed by atoms with Gasteiger partial charge in [-0.2, -0.15) is 0 Å². The average molecular weight is 224 g/mol. The number of hydrogen-bond donors (Lipinski definition) is 2. The van der Waals surface area contributed by atoms with E-state index in [9.17, 15) is 4.79 Å². The van der Waals surface area contributed by atoms with Crippen LogP contribution in [0.4, 0.5) is 0 Å². The number of carbonyl (C=O) groups is 1. The molecule has 0 radical (unpaired) electrons. The van der Waals surface area contributed by atoms with E-state index in [0.717, 1.165) is 18.6 Å². The van der Waals surface area contributed by atoms with Gasteiger partial charge in [-0.15, -0.1) is 0 Å². The van der Waals surface area contributed by atoms with Gasteiger partial charge in [-0.25, -0.2) is 0 Å². The highest BCUT2D eigenvalue weighted by Crippen LogP contribution is 2.03. The summed E-state index contributed by atoms with van der Waals surface area (Å²) in [6, 6.07) is 3.75. The third-order valence-corrected chi connectivity index (χ3v) is 2.54. The molecule has 1 heterocycles. The summed E-state index contributed by atoms with van der Waals surface area (Å²) in [5.41, 5.74) is 5.48. The first-order chi connectivity index (χ1) is 7.72. The smallest absolute Gasteiger partial charge is 0.220 e. The molecule has 3 N–H and O–H groups in total. The second kappa shape index (κ2) is 7.06. The minimum Gasteiger partial charge on any atom is -0.469 e. The highest BCUT2D eigenvalue weighted by atomic mass is 16.3. The van der Waals surface area contributed by atoms with E-state index in [-0.39, 0.29) is 5.91 Å². The van der Waals surface area contributed by atoms with Gasteiger partial charge in [0.05, 0.1) is 6.26 Å². The average Bonchev–Trinajstić information content (AvgIpc) is 2.79. The summed E-state index contributed by atoms with van der Waals surface area (Å²) in [6.07, 6.45) is 3.78. The largest absolute Gasteiger partial charge is 0.469 e. The number of nitrogens with one attached hydrogen (secondary N) is 1. The number of furan rings is 1. The summed E-state index contributed by atoms with van der Waals surface area (Å²) >= 11 is 0. The number of rotatable bonds is 7. The van der Waals surface area contributed by atoms with Gasteiger partial charge < -0.3 is 15.5 Å². The Labute approximate surface area is 96.2 Å². The molecule has 0 aromatic carbocycles. The maximum Gasteiger partial charge on any atom is 0.220 e. The molecule has 0 saturated heterocycles. The lowest BCUT2D eigenvalue weighted by atomic mass is 10.1. The van der Waals surface area contributed by atoms with Gasteiger partial charge in [-0.3, -0.25) is 4.79 Å². The lowest BCUT2D eigenvalue weighted by Gasteiger charge is -2.08. The first kappa shape index (κ1) is 12.8. The van der Waals surface area contributed by atoms with E-state index in [2.05, 4.69) is 12.2 Å². The van der Waals surface area contributed by atoms with E-state index < -0.39 is 0 Å². The Bertz CT molecular complexity index is 296. The molecule has 0 aliphatic carbocycles. The molecule has 0 aliphatic rings. The van der Waals surface area contributed by atoms with Crippen LogP contribution >= 0.6 is 0 Å². The Balaban J connectivity index is 2.06. The molecule has 1 amide bonds. The predicted molar refractivity (Wildman–Crippen MR) is 62.9 cm³/mol. The molecule has 0 saturated carbocycles. The van der Waals surface area contributed by atoms with Gasteiger partial charge in [-0.05, 0) is 31.0 Å². The summed E-state index contributed by atoms with van der Waals surface area (Å²) in [4.78, 5) is 11.4. The topological polar surface area (TPSA) is 68.3 Å².